The summed E-state index contributed by atoms with van der Waals surface area (Å²) >= 11 is 0. The van der Waals surface area contributed by atoms with Gasteiger partial charge in [0.05, 0.1) is 24.1 Å². The van der Waals surface area contributed by atoms with Gasteiger partial charge in [-0.2, -0.15) is 0 Å². The Morgan fingerprint density at radius 2 is 2.05 bits per heavy atom. The number of nitrogens with zero attached hydrogens (tertiary/aromatic N) is 3. The van der Waals surface area contributed by atoms with E-state index in [0.717, 1.165) is 18.8 Å². The Kier molecular flexibility index (Phi) is 5.25. The van der Waals surface area contributed by atoms with Crippen molar-refractivity contribution in [3.05, 3.63) is 23.8 Å². The minimum absolute atomic E-state index is 0.177. The fourth-order valence-electron chi connectivity index (χ4n) is 2.55. The van der Waals surface area contributed by atoms with Gasteiger partial charge in [-0.1, -0.05) is 0 Å². The van der Waals surface area contributed by atoms with Crippen LogP contribution in [0, 0.1) is 6.92 Å². The lowest BCUT2D eigenvalue weighted by Crippen LogP contribution is -2.52. The minimum Gasteiger partial charge on any atom is -0.373 e. The van der Waals surface area contributed by atoms with E-state index < -0.39 is 0 Å². The molecule has 0 aromatic carbocycles. The van der Waals surface area contributed by atoms with Gasteiger partial charge in [0, 0.05) is 31.9 Å². The second-order valence-electron chi connectivity index (χ2n) is 5.81. The van der Waals surface area contributed by atoms with Gasteiger partial charge in [-0.25, -0.2) is 4.98 Å². The van der Waals surface area contributed by atoms with Crippen molar-refractivity contribution in [1.82, 2.24) is 20.2 Å². The van der Waals surface area contributed by atoms with Crippen LogP contribution in [-0.2, 0) is 4.74 Å². The average molecular weight is 292 g/mol. The summed E-state index contributed by atoms with van der Waals surface area (Å²) in [5.41, 5.74) is 1.16. The predicted molar refractivity (Wildman–Crippen MR) is 80.1 cm³/mol. The quantitative estimate of drug-likeness (QED) is 0.897. The number of aromatic nitrogens is 2. The third kappa shape index (κ3) is 4.47. The molecule has 1 fully saturated rings. The number of ether oxygens (including phenoxy) is 1. The molecule has 6 nitrogen and oxygen atoms in total. The van der Waals surface area contributed by atoms with E-state index in [1.165, 1.54) is 6.20 Å². The van der Waals surface area contributed by atoms with E-state index in [0.29, 0.717) is 12.2 Å². The second kappa shape index (κ2) is 6.95. The number of amides is 1. The Morgan fingerprint density at radius 1 is 1.38 bits per heavy atom. The maximum atomic E-state index is 12.0. The molecule has 1 aliphatic heterocycles. The molecule has 1 aromatic rings. The third-order valence-corrected chi connectivity index (χ3v) is 3.64. The van der Waals surface area contributed by atoms with E-state index in [1.807, 2.05) is 6.92 Å². The zero-order valence-electron chi connectivity index (χ0n) is 13.2. The third-order valence-electron chi connectivity index (χ3n) is 3.64. The fraction of sp³-hybridized carbons (Fsp3) is 0.667. The van der Waals surface area contributed by atoms with Gasteiger partial charge in [-0.3, -0.25) is 14.7 Å². The summed E-state index contributed by atoms with van der Waals surface area (Å²) in [6, 6.07) is 0.265. The van der Waals surface area contributed by atoms with Gasteiger partial charge in [0.25, 0.3) is 5.91 Å². The number of morpholine rings is 1. The van der Waals surface area contributed by atoms with Crippen LogP contribution in [0.15, 0.2) is 12.4 Å². The highest BCUT2D eigenvalue weighted by Gasteiger charge is 2.25. The van der Waals surface area contributed by atoms with Crippen LogP contribution in [0.1, 0.15) is 37.0 Å². The number of aryl methyl sites for hydroxylation is 1. The summed E-state index contributed by atoms with van der Waals surface area (Å²) in [5, 5.41) is 2.92. The molecule has 1 N–H and O–H groups in total. The van der Waals surface area contributed by atoms with E-state index in [1.54, 1.807) is 6.20 Å². The van der Waals surface area contributed by atoms with Crippen molar-refractivity contribution in [2.75, 3.05) is 19.6 Å². The van der Waals surface area contributed by atoms with Crippen LogP contribution in [0.2, 0.25) is 0 Å². The molecule has 21 heavy (non-hydrogen) atoms. The number of rotatable bonds is 4. The SMILES string of the molecule is Cc1cnc(C(=O)NC[C@H](C)N2C[C@H](C)O[C@@H](C)C2)cn1. The van der Waals surface area contributed by atoms with Crippen LogP contribution < -0.4 is 5.32 Å². The maximum Gasteiger partial charge on any atom is 0.271 e. The monoisotopic (exact) mass is 292 g/mol. The van der Waals surface area contributed by atoms with Gasteiger partial charge in [-0.15, -0.1) is 0 Å². The lowest BCUT2D eigenvalue weighted by atomic mass is 10.1. The molecule has 0 saturated carbocycles. The summed E-state index contributed by atoms with van der Waals surface area (Å²) in [5.74, 6) is -0.177. The summed E-state index contributed by atoms with van der Waals surface area (Å²) in [6.07, 6.45) is 3.57. The van der Waals surface area contributed by atoms with Gasteiger partial charge >= 0.3 is 0 Å². The molecule has 0 spiro atoms. The van der Waals surface area contributed by atoms with Crippen molar-refractivity contribution in [3.8, 4) is 0 Å². The molecular formula is C15H24N4O2. The van der Waals surface area contributed by atoms with Gasteiger partial charge < -0.3 is 10.1 Å². The minimum atomic E-state index is -0.177. The predicted octanol–water partition coefficient (Wildman–Crippen LogP) is 1.01. The van der Waals surface area contributed by atoms with Crippen molar-refractivity contribution in [1.29, 1.82) is 0 Å². The molecular weight excluding hydrogens is 268 g/mol. The Hall–Kier alpha value is -1.53. The highest BCUT2D eigenvalue weighted by molar-refractivity contribution is 5.91. The number of carbonyl (C=O) groups is 1. The highest BCUT2D eigenvalue weighted by Crippen LogP contribution is 2.13. The van der Waals surface area contributed by atoms with Crippen LogP contribution in [-0.4, -0.2) is 58.7 Å². The fourth-order valence-corrected chi connectivity index (χ4v) is 2.55. The van der Waals surface area contributed by atoms with Gasteiger partial charge in [0.2, 0.25) is 0 Å². The molecule has 3 atom stereocenters. The summed E-state index contributed by atoms with van der Waals surface area (Å²) in [7, 11) is 0. The van der Waals surface area contributed by atoms with E-state index in [2.05, 4.69) is 41.0 Å². The van der Waals surface area contributed by atoms with Crippen molar-refractivity contribution in [2.24, 2.45) is 0 Å². The van der Waals surface area contributed by atoms with E-state index >= 15 is 0 Å². The second-order valence-corrected chi connectivity index (χ2v) is 5.81. The van der Waals surface area contributed by atoms with Crippen molar-refractivity contribution in [2.45, 2.75) is 45.9 Å². The molecule has 1 aliphatic rings. The Bertz CT molecular complexity index is 467. The number of hydrogen-bond acceptors (Lipinski definition) is 5. The molecule has 2 rings (SSSR count). The topological polar surface area (TPSA) is 67.4 Å². The molecule has 1 saturated heterocycles. The molecule has 116 valence electrons. The highest BCUT2D eigenvalue weighted by atomic mass is 16.5. The standard InChI is InChI=1S/C15H24N4O2/c1-10-5-17-14(7-16-10)15(20)18-6-11(2)19-8-12(3)21-13(4)9-19/h5,7,11-13H,6,8-9H2,1-4H3,(H,18,20)/t11-,12-,13-/m0/s1. The van der Waals surface area contributed by atoms with Gasteiger partial charge in [0.15, 0.2) is 0 Å². The molecule has 0 unspecified atom stereocenters. The zero-order valence-corrected chi connectivity index (χ0v) is 13.2. The first-order valence-corrected chi connectivity index (χ1v) is 7.42. The normalized spacial score (nSPS) is 24.6. The van der Waals surface area contributed by atoms with Crippen molar-refractivity contribution >= 4 is 5.91 Å². The number of carbonyl (C=O) groups excluding carboxylic acids is 1. The van der Waals surface area contributed by atoms with Crippen LogP contribution >= 0.6 is 0 Å². The Morgan fingerprint density at radius 3 is 2.62 bits per heavy atom. The molecule has 1 aromatic heterocycles. The Balaban J connectivity index is 1.84. The first kappa shape index (κ1) is 15.9. The number of nitrogens with one attached hydrogen (secondary N) is 1. The first-order chi connectivity index (χ1) is 9.95. The maximum absolute atomic E-state index is 12.0. The van der Waals surface area contributed by atoms with E-state index in [9.17, 15) is 4.79 Å². The first-order valence-electron chi connectivity index (χ1n) is 7.42. The van der Waals surface area contributed by atoms with Gasteiger partial charge in [-0.05, 0) is 27.7 Å². The lowest BCUT2D eigenvalue weighted by molar-refractivity contribution is -0.0778. The Labute approximate surface area is 125 Å². The zero-order chi connectivity index (χ0) is 15.4. The van der Waals surface area contributed by atoms with Gasteiger partial charge in [0.1, 0.15) is 5.69 Å². The van der Waals surface area contributed by atoms with Crippen LogP contribution in [0.25, 0.3) is 0 Å². The molecule has 0 radical (unpaired) electrons. The lowest BCUT2D eigenvalue weighted by Gasteiger charge is -2.38. The summed E-state index contributed by atoms with van der Waals surface area (Å²) < 4.78 is 5.73. The van der Waals surface area contributed by atoms with E-state index in [4.69, 9.17) is 4.74 Å². The summed E-state index contributed by atoms with van der Waals surface area (Å²) in [6.45, 7) is 10.5. The molecule has 2 heterocycles. The molecule has 0 aliphatic carbocycles. The average Bonchev–Trinajstić information content (AvgIpc) is 2.44. The summed E-state index contributed by atoms with van der Waals surface area (Å²) in [4.78, 5) is 22.5. The van der Waals surface area contributed by atoms with Crippen molar-refractivity contribution in [3.63, 3.8) is 0 Å². The van der Waals surface area contributed by atoms with Crippen molar-refractivity contribution < 1.29 is 9.53 Å². The molecule has 0 bridgehead atoms. The molecule has 6 heteroatoms. The smallest absolute Gasteiger partial charge is 0.271 e. The molecule has 1 amide bonds. The van der Waals surface area contributed by atoms with Crippen LogP contribution in [0.5, 0.6) is 0 Å². The largest absolute Gasteiger partial charge is 0.373 e. The van der Waals surface area contributed by atoms with Crippen LogP contribution in [0.3, 0.4) is 0 Å². The van der Waals surface area contributed by atoms with E-state index in [-0.39, 0.29) is 24.2 Å². The number of hydrogen-bond donors (Lipinski definition) is 1. The van der Waals surface area contributed by atoms with Crippen LogP contribution in [0.4, 0.5) is 0 Å².